The maximum Gasteiger partial charge on any atom is 0.168 e. The van der Waals surface area contributed by atoms with Crippen LogP contribution in [0.25, 0.3) is 0 Å². The third-order valence-electron chi connectivity index (χ3n) is 3.50. The van der Waals surface area contributed by atoms with Crippen LogP contribution in [-0.4, -0.2) is 11.3 Å². The van der Waals surface area contributed by atoms with Gasteiger partial charge in [0.2, 0.25) is 0 Å². The van der Waals surface area contributed by atoms with Gasteiger partial charge in [0, 0.05) is 12.4 Å². The molecule has 3 aromatic rings. The number of nitrogens with zero attached hydrogens (tertiary/aromatic N) is 1. The molecule has 0 saturated carbocycles. The van der Waals surface area contributed by atoms with E-state index in [0.29, 0.717) is 5.69 Å². The third-order valence-corrected chi connectivity index (χ3v) is 6.00. The number of hydrogen-bond donors (Lipinski definition) is 0. The number of aldehydes is 1. The van der Waals surface area contributed by atoms with Gasteiger partial charge >= 0.3 is 0 Å². The van der Waals surface area contributed by atoms with Crippen LogP contribution in [-0.2, 0) is 6.16 Å². The van der Waals surface area contributed by atoms with Crippen molar-refractivity contribution in [3.05, 3.63) is 90.3 Å². The molecule has 108 valence electrons. The minimum Gasteiger partial charge on any atom is -0.296 e. The SMILES string of the molecule is O=Cc1ncccc1CP(c1ccccc1)c1ccccc1. The fourth-order valence-electron chi connectivity index (χ4n) is 2.41. The lowest BCUT2D eigenvalue weighted by atomic mass is 10.2. The first-order valence-corrected chi connectivity index (χ1v) is 8.68. The van der Waals surface area contributed by atoms with E-state index in [1.54, 1.807) is 6.20 Å². The van der Waals surface area contributed by atoms with Crippen LogP contribution in [0.4, 0.5) is 0 Å². The minimum absolute atomic E-state index is 0.543. The third kappa shape index (κ3) is 3.29. The normalized spacial score (nSPS) is 10.6. The summed E-state index contributed by atoms with van der Waals surface area (Å²) >= 11 is 0. The van der Waals surface area contributed by atoms with Crippen molar-refractivity contribution in [1.29, 1.82) is 0 Å². The van der Waals surface area contributed by atoms with Crippen molar-refractivity contribution >= 4 is 24.8 Å². The highest BCUT2D eigenvalue weighted by Gasteiger charge is 2.16. The number of carbonyl (C=O) groups excluding carboxylic acids is 1. The van der Waals surface area contributed by atoms with Crippen LogP contribution < -0.4 is 10.6 Å². The van der Waals surface area contributed by atoms with Crippen molar-refractivity contribution in [2.24, 2.45) is 0 Å². The Balaban J connectivity index is 2.01. The molecule has 2 nitrogen and oxygen atoms in total. The van der Waals surface area contributed by atoms with E-state index in [0.717, 1.165) is 18.0 Å². The van der Waals surface area contributed by atoms with Crippen molar-refractivity contribution in [2.75, 3.05) is 0 Å². The van der Waals surface area contributed by atoms with Crippen molar-refractivity contribution in [1.82, 2.24) is 4.98 Å². The molecule has 2 aromatic carbocycles. The number of aromatic nitrogens is 1. The van der Waals surface area contributed by atoms with Gasteiger partial charge in [0.05, 0.1) is 0 Å². The Bertz CT molecular complexity index is 704. The lowest BCUT2D eigenvalue weighted by molar-refractivity contribution is 0.111. The summed E-state index contributed by atoms with van der Waals surface area (Å²) in [6.45, 7) is 0. The van der Waals surface area contributed by atoms with Crippen molar-refractivity contribution in [3.8, 4) is 0 Å². The highest BCUT2D eigenvalue weighted by Crippen LogP contribution is 2.38. The zero-order valence-corrected chi connectivity index (χ0v) is 13.0. The molecular formula is C19H16NOP. The van der Waals surface area contributed by atoms with Crippen molar-refractivity contribution < 1.29 is 4.79 Å². The summed E-state index contributed by atoms with van der Waals surface area (Å²) in [6, 6.07) is 24.9. The van der Waals surface area contributed by atoms with Crippen LogP contribution in [0.3, 0.4) is 0 Å². The summed E-state index contributed by atoms with van der Waals surface area (Å²) in [7, 11) is -0.548. The molecule has 3 rings (SSSR count). The number of hydrogen-bond acceptors (Lipinski definition) is 2. The second-order valence-electron chi connectivity index (χ2n) is 4.92. The number of benzene rings is 2. The van der Waals surface area contributed by atoms with E-state index in [2.05, 4.69) is 53.5 Å². The Kier molecular flexibility index (Phi) is 4.72. The largest absolute Gasteiger partial charge is 0.296 e. The first-order chi connectivity index (χ1) is 10.9. The summed E-state index contributed by atoms with van der Waals surface area (Å²) in [5.41, 5.74) is 1.55. The molecule has 0 bridgehead atoms. The molecule has 3 heteroatoms. The molecular weight excluding hydrogens is 289 g/mol. The van der Waals surface area contributed by atoms with Gasteiger partial charge in [-0.3, -0.25) is 9.78 Å². The summed E-state index contributed by atoms with van der Waals surface area (Å²) in [5, 5.41) is 2.62. The molecule has 0 spiro atoms. The van der Waals surface area contributed by atoms with Crippen LogP contribution in [0.1, 0.15) is 16.1 Å². The van der Waals surface area contributed by atoms with Gasteiger partial charge in [-0.05, 0) is 30.2 Å². The van der Waals surface area contributed by atoms with Gasteiger partial charge in [0.1, 0.15) is 5.69 Å². The Hall–Kier alpha value is -2.31. The summed E-state index contributed by atoms with van der Waals surface area (Å²) in [6.07, 6.45) is 3.34. The van der Waals surface area contributed by atoms with Crippen LogP contribution in [0.2, 0.25) is 0 Å². The minimum atomic E-state index is -0.548. The fraction of sp³-hybridized carbons (Fsp3) is 0.0526. The second kappa shape index (κ2) is 7.11. The van der Waals surface area contributed by atoms with Crippen molar-refractivity contribution in [3.63, 3.8) is 0 Å². The average molecular weight is 305 g/mol. The van der Waals surface area contributed by atoms with Crippen LogP contribution in [0, 0.1) is 0 Å². The van der Waals surface area contributed by atoms with Gasteiger partial charge in [-0.25, -0.2) is 0 Å². The summed E-state index contributed by atoms with van der Waals surface area (Å²) < 4.78 is 0. The lowest BCUT2D eigenvalue weighted by Crippen LogP contribution is -2.13. The van der Waals surface area contributed by atoms with E-state index in [9.17, 15) is 4.79 Å². The first-order valence-electron chi connectivity index (χ1n) is 7.15. The molecule has 0 aliphatic carbocycles. The number of pyridine rings is 1. The number of rotatable bonds is 5. The summed E-state index contributed by atoms with van der Waals surface area (Å²) in [5.74, 6) is 0. The molecule has 0 aliphatic rings. The van der Waals surface area contributed by atoms with Crippen LogP contribution in [0.15, 0.2) is 79.0 Å². The van der Waals surface area contributed by atoms with E-state index < -0.39 is 7.92 Å². The molecule has 0 N–H and O–H groups in total. The molecule has 0 radical (unpaired) electrons. The fourth-order valence-corrected chi connectivity index (χ4v) is 4.74. The monoisotopic (exact) mass is 305 g/mol. The van der Waals surface area contributed by atoms with Crippen LogP contribution in [0.5, 0.6) is 0 Å². The topological polar surface area (TPSA) is 30.0 Å². The maximum atomic E-state index is 11.2. The predicted molar refractivity (Wildman–Crippen MR) is 92.4 cm³/mol. The molecule has 0 saturated heterocycles. The molecule has 0 aliphatic heterocycles. The molecule has 0 atom stereocenters. The lowest BCUT2D eigenvalue weighted by Gasteiger charge is -2.19. The zero-order chi connectivity index (χ0) is 15.2. The highest BCUT2D eigenvalue weighted by atomic mass is 31.1. The van der Waals surface area contributed by atoms with Gasteiger partial charge in [-0.2, -0.15) is 0 Å². The average Bonchev–Trinajstić information content (AvgIpc) is 2.61. The van der Waals surface area contributed by atoms with E-state index in [-0.39, 0.29) is 0 Å². The van der Waals surface area contributed by atoms with Crippen molar-refractivity contribution in [2.45, 2.75) is 6.16 Å². The maximum absolute atomic E-state index is 11.2. The summed E-state index contributed by atoms with van der Waals surface area (Å²) in [4.78, 5) is 15.4. The highest BCUT2D eigenvalue weighted by molar-refractivity contribution is 7.72. The van der Waals surface area contributed by atoms with Gasteiger partial charge in [0.25, 0.3) is 0 Å². The Labute approximate surface area is 131 Å². The Morgan fingerprint density at radius 1 is 0.818 bits per heavy atom. The quantitative estimate of drug-likeness (QED) is 0.533. The molecule has 0 amide bonds. The molecule has 0 fully saturated rings. The van der Waals surface area contributed by atoms with Gasteiger partial charge in [0.15, 0.2) is 6.29 Å². The molecule has 0 unspecified atom stereocenters. The van der Waals surface area contributed by atoms with E-state index >= 15 is 0 Å². The Morgan fingerprint density at radius 2 is 1.41 bits per heavy atom. The van der Waals surface area contributed by atoms with Gasteiger partial charge in [-0.1, -0.05) is 66.7 Å². The van der Waals surface area contributed by atoms with Gasteiger partial charge < -0.3 is 0 Å². The zero-order valence-electron chi connectivity index (χ0n) is 12.1. The molecule has 1 heterocycles. The smallest absolute Gasteiger partial charge is 0.168 e. The van der Waals surface area contributed by atoms with Gasteiger partial charge in [-0.15, -0.1) is 0 Å². The van der Waals surface area contributed by atoms with E-state index in [1.807, 2.05) is 24.3 Å². The molecule has 1 aromatic heterocycles. The van der Waals surface area contributed by atoms with E-state index in [1.165, 1.54) is 10.6 Å². The Morgan fingerprint density at radius 3 is 1.95 bits per heavy atom. The standard InChI is InChI=1S/C19H16NOP/c21-14-19-16(8-7-13-20-19)15-22(17-9-3-1-4-10-17)18-11-5-2-6-12-18/h1-14H,15H2. The predicted octanol–water partition coefficient (Wildman–Crippen LogP) is 3.53. The number of carbonyl (C=O) groups is 1. The first kappa shape index (κ1) is 14.6. The second-order valence-corrected chi connectivity index (χ2v) is 7.13. The molecule has 22 heavy (non-hydrogen) atoms. The van der Waals surface area contributed by atoms with Crippen LogP contribution >= 0.6 is 7.92 Å². The van der Waals surface area contributed by atoms with E-state index in [4.69, 9.17) is 0 Å².